The Labute approximate surface area is 279 Å². The topological polar surface area (TPSA) is 113 Å². The first-order valence-corrected chi connectivity index (χ1v) is 18.6. The van der Waals surface area contributed by atoms with Gasteiger partial charge in [-0.2, -0.15) is 13.2 Å². The van der Waals surface area contributed by atoms with Crippen LogP contribution in [0.2, 0.25) is 0 Å². The third-order valence-electron chi connectivity index (χ3n) is 7.89. The van der Waals surface area contributed by atoms with Gasteiger partial charge in [-0.25, -0.2) is 0 Å². The van der Waals surface area contributed by atoms with Crippen molar-refractivity contribution in [3.05, 3.63) is 0 Å². The fourth-order valence-corrected chi connectivity index (χ4v) is 5.11. The average molecular weight is 670 g/mol. The van der Waals surface area contributed by atoms with E-state index in [9.17, 15) is 18.0 Å². The van der Waals surface area contributed by atoms with Crippen LogP contribution in [0.5, 0.6) is 0 Å². The van der Waals surface area contributed by atoms with Crippen molar-refractivity contribution in [3.8, 4) is 0 Å². The molecule has 0 spiro atoms. The number of hydrogen-bond donors (Lipinski definition) is 1. The molecule has 0 aliphatic heterocycles. The quantitative estimate of drug-likeness (QED) is 0.0556. The number of hydrogen-bond acceptors (Lipinski definition) is 6. The van der Waals surface area contributed by atoms with Gasteiger partial charge in [-0.15, -0.1) is 0 Å². The molecule has 1 unspecified atom stereocenters. The Kier molecular flexibility index (Phi) is 37.0. The van der Waals surface area contributed by atoms with Gasteiger partial charge in [0.1, 0.15) is 18.7 Å². The van der Waals surface area contributed by atoms with E-state index < -0.39 is 12.1 Å². The van der Waals surface area contributed by atoms with E-state index in [0.29, 0.717) is 26.2 Å². The molecule has 0 fully saturated rings. The Hall–Kier alpha value is -1.39. The highest BCUT2D eigenvalue weighted by molar-refractivity contribution is 5.70. The van der Waals surface area contributed by atoms with Crippen molar-refractivity contribution in [2.75, 3.05) is 33.0 Å². The molecule has 0 aliphatic rings. The zero-order chi connectivity index (χ0) is 34.6. The largest absolute Gasteiger partial charge is 0.542 e. The molecule has 0 saturated heterocycles. The number of carbonyl (C=O) groups is 2. The van der Waals surface area contributed by atoms with Gasteiger partial charge in [0.25, 0.3) is 0 Å². The lowest BCUT2D eigenvalue weighted by molar-refractivity contribution is -0.368. The summed E-state index contributed by atoms with van der Waals surface area (Å²) in [6, 6.07) is 0. The van der Waals surface area contributed by atoms with Gasteiger partial charge in [-0.3, -0.25) is 4.79 Å². The van der Waals surface area contributed by atoms with E-state index in [4.69, 9.17) is 24.1 Å². The highest BCUT2D eigenvalue weighted by Crippen LogP contribution is 2.14. The summed E-state index contributed by atoms with van der Waals surface area (Å²) in [5.74, 6) is -3.11. The molecule has 46 heavy (non-hydrogen) atoms. The van der Waals surface area contributed by atoms with Crippen LogP contribution < -0.4 is 10.8 Å². The Morgan fingerprint density at radius 2 is 1.02 bits per heavy atom. The van der Waals surface area contributed by atoms with E-state index in [0.717, 1.165) is 32.4 Å². The maximum absolute atomic E-state index is 12.1. The molecule has 7 nitrogen and oxygen atoms in total. The third-order valence-corrected chi connectivity index (χ3v) is 7.89. The lowest BCUT2D eigenvalue weighted by atomic mass is 10.0. The summed E-state index contributed by atoms with van der Waals surface area (Å²) < 4.78 is 48.6. The van der Waals surface area contributed by atoms with Crippen molar-refractivity contribution in [2.45, 2.75) is 187 Å². The van der Waals surface area contributed by atoms with Crippen LogP contribution in [-0.4, -0.2) is 57.2 Å². The summed E-state index contributed by atoms with van der Waals surface area (Å²) in [4.78, 5) is 20.9. The minimum absolute atomic E-state index is 0.104. The van der Waals surface area contributed by atoms with Crippen LogP contribution in [0.3, 0.4) is 0 Å². The normalized spacial score (nSPS) is 12.0. The zero-order valence-electron chi connectivity index (χ0n) is 29.6. The van der Waals surface area contributed by atoms with E-state index in [2.05, 4.69) is 12.7 Å². The predicted molar refractivity (Wildman–Crippen MR) is 177 cm³/mol. The molecule has 3 N–H and O–H groups in total. The van der Waals surface area contributed by atoms with Crippen LogP contribution in [0, 0.1) is 0 Å². The maximum atomic E-state index is 12.1. The monoisotopic (exact) mass is 670 g/mol. The zero-order valence-corrected chi connectivity index (χ0v) is 29.6. The summed E-state index contributed by atoms with van der Waals surface area (Å²) in [5, 5.41) is 8.78. The number of esters is 1. The molecule has 0 aromatic rings. The van der Waals surface area contributed by atoms with Gasteiger partial charge in [0.2, 0.25) is 0 Å². The maximum Gasteiger partial charge on any atom is 0.430 e. The van der Waals surface area contributed by atoms with Crippen molar-refractivity contribution in [3.63, 3.8) is 0 Å². The molecule has 0 saturated carbocycles. The van der Waals surface area contributed by atoms with Crippen LogP contribution >= 0.6 is 0 Å². The summed E-state index contributed by atoms with van der Waals surface area (Å²) in [6.45, 7) is 7.51. The summed E-state index contributed by atoms with van der Waals surface area (Å²) in [5.41, 5.74) is 3.89. The smallest absolute Gasteiger partial charge is 0.430 e. The Balaban J connectivity index is 0. The fraction of sp³-hybridized carbons (Fsp3) is 0.944. The first-order chi connectivity index (χ1) is 22.2. The molecule has 0 rings (SSSR count). The van der Waals surface area contributed by atoms with E-state index in [1.165, 1.54) is 135 Å². The lowest BCUT2D eigenvalue weighted by Crippen LogP contribution is -2.50. The minimum atomic E-state index is -5.19. The molecular weight excluding hydrogens is 599 g/mol. The van der Waals surface area contributed by atoms with Gasteiger partial charge in [0, 0.05) is 19.6 Å². The number of carboxylic acids is 1. The molecule has 0 heterocycles. The Morgan fingerprint density at radius 3 is 1.41 bits per heavy atom. The summed E-state index contributed by atoms with van der Waals surface area (Å²) >= 11 is 0. The van der Waals surface area contributed by atoms with E-state index in [1.807, 2.05) is 6.92 Å². The second-order valence-electron chi connectivity index (χ2n) is 12.4. The van der Waals surface area contributed by atoms with E-state index in [1.54, 1.807) is 0 Å². The molecule has 1 atom stereocenters. The molecule has 0 aromatic heterocycles. The first kappa shape index (κ1) is 46.7. The molecule has 276 valence electrons. The van der Waals surface area contributed by atoms with Crippen LogP contribution in [0.25, 0.3) is 0 Å². The number of aliphatic carboxylic acids is 1. The molecule has 0 radical (unpaired) electrons. The molecule has 0 aliphatic carbocycles. The second-order valence-corrected chi connectivity index (χ2v) is 12.4. The van der Waals surface area contributed by atoms with E-state index >= 15 is 0 Å². The third kappa shape index (κ3) is 38.8. The second kappa shape index (κ2) is 36.4. The lowest BCUT2D eigenvalue weighted by Gasteiger charge is -2.17. The van der Waals surface area contributed by atoms with Gasteiger partial charge in [0.15, 0.2) is 0 Å². The van der Waals surface area contributed by atoms with Crippen molar-refractivity contribution < 1.29 is 47.8 Å². The number of rotatable bonds is 33. The number of carboxylic acid groups (broad SMARTS) is 1. The molecule has 0 amide bonds. The molecular formula is C36H70F3NO6. The van der Waals surface area contributed by atoms with Gasteiger partial charge in [-0.1, -0.05) is 135 Å². The van der Waals surface area contributed by atoms with Crippen LogP contribution in [0.15, 0.2) is 0 Å². The standard InChI is InChI=1S/C34H69NO4.C2HF3O2/c1-3-5-6-7-8-9-10-11-12-13-14-15-18-21-24-27-30-37-31-33(38-4-2)32-39-34(36)28-25-22-19-16-17-20-23-26-29-35;3-2(4,5)1(6)7/h33H,3-32,35H2,1-2H3;(H,6,7). The fourth-order valence-electron chi connectivity index (χ4n) is 5.11. The predicted octanol–water partition coefficient (Wildman–Crippen LogP) is 8.26. The number of halogens is 3. The molecule has 0 bridgehead atoms. The highest BCUT2D eigenvalue weighted by Gasteiger charge is 2.28. The van der Waals surface area contributed by atoms with Gasteiger partial charge >= 0.3 is 12.1 Å². The molecule has 10 heteroatoms. The van der Waals surface area contributed by atoms with Crippen molar-refractivity contribution in [1.29, 1.82) is 0 Å². The summed E-state index contributed by atoms with van der Waals surface area (Å²) in [6.07, 6.45) is 26.9. The van der Waals surface area contributed by atoms with Gasteiger partial charge in [-0.05, 0) is 32.6 Å². The number of carbonyl (C=O) groups excluding carboxylic acids is 2. The van der Waals surface area contributed by atoms with Crippen LogP contribution in [-0.2, 0) is 23.8 Å². The van der Waals surface area contributed by atoms with Gasteiger partial charge < -0.3 is 29.8 Å². The number of quaternary nitrogens is 1. The van der Waals surface area contributed by atoms with E-state index in [-0.39, 0.29) is 12.1 Å². The van der Waals surface area contributed by atoms with Gasteiger partial charge in [0.05, 0.1) is 13.2 Å². The van der Waals surface area contributed by atoms with Crippen LogP contribution in [0.4, 0.5) is 13.2 Å². The summed E-state index contributed by atoms with van der Waals surface area (Å²) in [7, 11) is 0. The minimum Gasteiger partial charge on any atom is -0.542 e. The van der Waals surface area contributed by atoms with Crippen molar-refractivity contribution in [1.82, 2.24) is 0 Å². The number of ether oxygens (including phenoxy) is 3. The van der Waals surface area contributed by atoms with Crippen molar-refractivity contribution >= 4 is 11.9 Å². The Morgan fingerprint density at radius 1 is 0.630 bits per heavy atom. The SMILES string of the molecule is CCCCCCCCCCCCCCCCCCOCC(COC(=O)CCCCCCCCCC[NH3+])OCC.O=C([O-])C(F)(F)F. The van der Waals surface area contributed by atoms with Crippen molar-refractivity contribution in [2.24, 2.45) is 0 Å². The number of unbranched alkanes of at least 4 members (excludes halogenated alkanes) is 22. The highest BCUT2D eigenvalue weighted by atomic mass is 19.4. The molecule has 0 aromatic carbocycles. The number of alkyl halides is 3. The first-order valence-electron chi connectivity index (χ1n) is 18.6. The Bertz CT molecular complexity index is 652. The average Bonchev–Trinajstić information content (AvgIpc) is 3.02. The van der Waals surface area contributed by atoms with Crippen LogP contribution in [0.1, 0.15) is 174 Å².